The molecule has 1 fully saturated rings. The van der Waals surface area contributed by atoms with Crippen LogP contribution in [0.4, 0.5) is 0 Å². The molecule has 1 aliphatic rings. The van der Waals surface area contributed by atoms with Crippen molar-refractivity contribution in [1.82, 2.24) is 0 Å². The van der Waals surface area contributed by atoms with E-state index >= 15 is 0 Å². The third-order valence-corrected chi connectivity index (χ3v) is 4.24. The van der Waals surface area contributed by atoms with Gasteiger partial charge in [0.15, 0.2) is 0 Å². The van der Waals surface area contributed by atoms with Gasteiger partial charge in [-0.05, 0) is 42.4 Å². The SMILES string of the molecule is CCCC(Cl)C1CC(C)(C)CC(C)(C)C1. The van der Waals surface area contributed by atoms with Crippen molar-refractivity contribution in [3.05, 3.63) is 0 Å². The van der Waals surface area contributed by atoms with Crippen molar-refractivity contribution in [2.75, 3.05) is 0 Å². The van der Waals surface area contributed by atoms with Gasteiger partial charge in [0, 0.05) is 5.38 Å². The molecule has 0 aliphatic heterocycles. The van der Waals surface area contributed by atoms with E-state index in [0.717, 1.165) is 5.92 Å². The molecule has 0 aromatic heterocycles. The number of halogens is 1. The quantitative estimate of drug-likeness (QED) is 0.582. The zero-order valence-electron chi connectivity index (χ0n) is 11.1. The molecule has 1 atom stereocenters. The fraction of sp³-hybridized carbons (Fsp3) is 1.00. The summed E-state index contributed by atoms with van der Waals surface area (Å²) in [5, 5.41) is 0.397. The highest BCUT2D eigenvalue weighted by Crippen LogP contribution is 2.50. The van der Waals surface area contributed by atoms with E-state index in [1.807, 2.05) is 0 Å². The summed E-state index contributed by atoms with van der Waals surface area (Å²) < 4.78 is 0. The maximum Gasteiger partial charge on any atom is 0.0364 e. The van der Waals surface area contributed by atoms with Crippen LogP contribution in [-0.2, 0) is 0 Å². The molecule has 0 spiro atoms. The second kappa shape index (κ2) is 4.65. The number of hydrogen-bond donors (Lipinski definition) is 0. The lowest BCUT2D eigenvalue weighted by molar-refractivity contribution is 0.0646. The van der Waals surface area contributed by atoms with Crippen LogP contribution in [0.3, 0.4) is 0 Å². The van der Waals surface area contributed by atoms with Crippen molar-refractivity contribution in [1.29, 1.82) is 0 Å². The van der Waals surface area contributed by atoms with Crippen LogP contribution in [0, 0.1) is 16.7 Å². The first-order valence-corrected chi connectivity index (χ1v) is 6.83. The fourth-order valence-corrected chi connectivity index (χ4v) is 4.10. The molecular weight excluding hydrogens is 204 g/mol. The molecule has 0 aromatic carbocycles. The predicted molar refractivity (Wildman–Crippen MR) is 69.5 cm³/mol. The highest BCUT2D eigenvalue weighted by molar-refractivity contribution is 6.20. The largest absolute Gasteiger partial charge is 0.123 e. The third kappa shape index (κ3) is 3.98. The van der Waals surface area contributed by atoms with Crippen LogP contribution in [0.1, 0.15) is 66.7 Å². The van der Waals surface area contributed by atoms with Crippen LogP contribution in [-0.4, -0.2) is 5.38 Å². The van der Waals surface area contributed by atoms with Crippen molar-refractivity contribution in [2.45, 2.75) is 72.1 Å². The molecule has 1 unspecified atom stereocenters. The molecule has 0 N–H and O–H groups in total. The topological polar surface area (TPSA) is 0 Å². The molecule has 1 saturated carbocycles. The van der Waals surface area contributed by atoms with E-state index in [9.17, 15) is 0 Å². The first-order chi connectivity index (χ1) is 6.76. The average Bonchev–Trinajstić information content (AvgIpc) is 1.98. The first kappa shape index (κ1) is 13.4. The summed E-state index contributed by atoms with van der Waals surface area (Å²) in [6.45, 7) is 11.8. The molecule has 0 saturated heterocycles. The summed E-state index contributed by atoms with van der Waals surface area (Å²) in [6, 6.07) is 0. The van der Waals surface area contributed by atoms with Crippen molar-refractivity contribution in [3.63, 3.8) is 0 Å². The molecule has 15 heavy (non-hydrogen) atoms. The van der Waals surface area contributed by atoms with Gasteiger partial charge in [-0.2, -0.15) is 0 Å². The lowest BCUT2D eigenvalue weighted by atomic mass is 9.60. The minimum atomic E-state index is 0.397. The second-order valence-electron chi connectivity index (χ2n) is 6.98. The minimum Gasteiger partial charge on any atom is -0.123 e. The molecule has 0 heterocycles. The van der Waals surface area contributed by atoms with Crippen LogP contribution in [0.2, 0.25) is 0 Å². The predicted octanol–water partition coefficient (Wildman–Crippen LogP) is 5.25. The Kier molecular flexibility index (Phi) is 4.14. The van der Waals surface area contributed by atoms with Gasteiger partial charge < -0.3 is 0 Å². The number of rotatable bonds is 3. The van der Waals surface area contributed by atoms with Crippen LogP contribution in [0.15, 0.2) is 0 Å². The molecule has 0 bridgehead atoms. The molecule has 1 heteroatoms. The van der Waals surface area contributed by atoms with E-state index in [1.54, 1.807) is 0 Å². The van der Waals surface area contributed by atoms with E-state index in [2.05, 4.69) is 34.6 Å². The average molecular weight is 231 g/mol. The van der Waals surface area contributed by atoms with Gasteiger partial charge in [-0.1, -0.05) is 41.0 Å². The Hall–Kier alpha value is 0.290. The molecule has 90 valence electrons. The fourth-order valence-electron chi connectivity index (χ4n) is 3.70. The first-order valence-electron chi connectivity index (χ1n) is 6.40. The van der Waals surface area contributed by atoms with Crippen molar-refractivity contribution in [3.8, 4) is 0 Å². The van der Waals surface area contributed by atoms with Gasteiger partial charge in [0.25, 0.3) is 0 Å². The summed E-state index contributed by atoms with van der Waals surface area (Å²) in [5.74, 6) is 0.727. The molecule has 0 radical (unpaired) electrons. The van der Waals surface area contributed by atoms with Crippen molar-refractivity contribution >= 4 is 11.6 Å². The molecule has 0 nitrogen and oxygen atoms in total. The van der Waals surface area contributed by atoms with Crippen molar-refractivity contribution in [2.24, 2.45) is 16.7 Å². The Morgan fingerprint density at radius 2 is 1.60 bits per heavy atom. The Morgan fingerprint density at radius 1 is 1.13 bits per heavy atom. The van der Waals surface area contributed by atoms with E-state index < -0.39 is 0 Å². The highest BCUT2D eigenvalue weighted by atomic mass is 35.5. The monoisotopic (exact) mass is 230 g/mol. The zero-order valence-corrected chi connectivity index (χ0v) is 11.8. The van der Waals surface area contributed by atoms with Gasteiger partial charge in [0.05, 0.1) is 0 Å². The molecule has 0 amide bonds. The number of hydrogen-bond acceptors (Lipinski definition) is 0. The lowest BCUT2D eigenvalue weighted by Crippen LogP contribution is -2.37. The van der Waals surface area contributed by atoms with Gasteiger partial charge in [0.2, 0.25) is 0 Å². The summed E-state index contributed by atoms with van der Waals surface area (Å²) in [7, 11) is 0. The third-order valence-electron chi connectivity index (χ3n) is 3.66. The Balaban J connectivity index is 2.66. The maximum absolute atomic E-state index is 6.51. The zero-order chi connectivity index (χ0) is 11.7. The summed E-state index contributed by atoms with van der Waals surface area (Å²) in [4.78, 5) is 0. The van der Waals surface area contributed by atoms with Crippen LogP contribution in [0.25, 0.3) is 0 Å². The standard InChI is InChI=1S/C14H27Cl/c1-6-7-12(15)11-8-13(2,3)10-14(4,5)9-11/h11-12H,6-10H2,1-5H3. The van der Waals surface area contributed by atoms with Gasteiger partial charge in [-0.3, -0.25) is 0 Å². The van der Waals surface area contributed by atoms with E-state index in [1.165, 1.54) is 32.1 Å². The lowest BCUT2D eigenvalue weighted by Gasteiger charge is -2.46. The normalized spacial score (nSPS) is 27.6. The van der Waals surface area contributed by atoms with E-state index in [4.69, 9.17) is 11.6 Å². The highest BCUT2D eigenvalue weighted by Gasteiger charge is 2.40. The van der Waals surface area contributed by atoms with E-state index in [-0.39, 0.29) is 0 Å². The summed E-state index contributed by atoms with van der Waals surface area (Å²) >= 11 is 6.51. The molecule has 0 aromatic rings. The Labute approximate surface area is 101 Å². The van der Waals surface area contributed by atoms with Crippen LogP contribution in [0.5, 0.6) is 0 Å². The van der Waals surface area contributed by atoms with Crippen LogP contribution >= 0.6 is 11.6 Å². The van der Waals surface area contributed by atoms with Crippen molar-refractivity contribution < 1.29 is 0 Å². The molecule has 1 rings (SSSR count). The summed E-state index contributed by atoms with van der Waals surface area (Å²) in [6.07, 6.45) is 6.35. The Morgan fingerprint density at radius 3 is 2.00 bits per heavy atom. The summed E-state index contributed by atoms with van der Waals surface area (Å²) in [5.41, 5.74) is 0.959. The smallest absolute Gasteiger partial charge is 0.0364 e. The van der Waals surface area contributed by atoms with Gasteiger partial charge >= 0.3 is 0 Å². The minimum absolute atomic E-state index is 0.397. The van der Waals surface area contributed by atoms with Gasteiger partial charge in [-0.15, -0.1) is 11.6 Å². The second-order valence-corrected chi connectivity index (χ2v) is 7.54. The Bertz CT molecular complexity index is 189. The van der Waals surface area contributed by atoms with Gasteiger partial charge in [-0.25, -0.2) is 0 Å². The van der Waals surface area contributed by atoms with Crippen LogP contribution < -0.4 is 0 Å². The maximum atomic E-state index is 6.51. The van der Waals surface area contributed by atoms with Gasteiger partial charge in [0.1, 0.15) is 0 Å². The van der Waals surface area contributed by atoms with E-state index in [0.29, 0.717) is 16.2 Å². The molecule has 1 aliphatic carbocycles. The molecular formula is C14H27Cl. The number of alkyl halides is 1.